The van der Waals surface area contributed by atoms with Gasteiger partial charge in [-0.15, -0.1) is 11.8 Å². The van der Waals surface area contributed by atoms with Gasteiger partial charge >= 0.3 is 0 Å². The molecule has 30 heavy (non-hydrogen) atoms. The van der Waals surface area contributed by atoms with Gasteiger partial charge in [0.2, 0.25) is 0 Å². The molecule has 8 heteroatoms. The Morgan fingerprint density at radius 1 is 1.27 bits per heavy atom. The van der Waals surface area contributed by atoms with Crippen LogP contribution in [0.1, 0.15) is 53.3 Å². The van der Waals surface area contributed by atoms with Crippen molar-refractivity contribution in [2.45, 2.75) is 44.2 Å². The Bertz CT molecular complexity index is 940. The van der Waals surface area contributed by atoms with Crippen molar-refractivity contribution >= 4 is 23.5 Å². The van der Waals surface area contributed by atoms with E-state index in [2.05, 4.69) is 20.6 Å². The van der Waals surface area contributed by atoms with Crippen molar-refractivity contribution < 1.29 is 13.6 Å². The highest BCUT2D eigenvalue weighted by atomic mass is 32.2. The second-order valence-electron chi connectivity index (χ2n) is 7.72. The summed E-state index contributed by atoms with van der Waals surface area (Å²) in [7, 11) is 0. The summed E-state index contributed by atoms with van der Waals surface area (Å²) in [6.07, 6.45) is 9.81. The standard InChI is InChI=1S/C22H24F2N4OS/c1-30-10-9-18(13-5-6-13)28-22(29)20-21(27-19(12-25-20)14-7-8-14)26-11-15-16(23)3-2-4-17(15)24/h2-4,9-10,12-14,18H,5-8,11H2,1H3,(H,26,27)(H,28,29)/b10-9+. The molecular formula is C22H24F2N4OS. The molecule has 2 N–H and O–H groups in total. The summed E-state index contributed by atoms with van der Waals surface area (Å²) < 4.78 is 28.0. The fourth-order valence-electron chi connectivity index (χ4n) is 3.30. The summed E-state index contributed by atoms with van der Waals surface area (Å²) in [6, 6.07) is 3.67. The zero-order valence-corrected chi connectivity index (χ0v) is 17.5. The van der Waals surface area contributed by atoms with Gasteiger partial charge in [0.25, 0.3) is 5.91 Å². The number of carbonyl (C=O) groups excluding carboxylic acids is 1. The molecule has 2 fully saturated rings. The zero-order valence-electron chi connectivity index (χ0n) is 16.7. The highest BCUT2D eigenvalue weighted by Crippen LogP contribution is 2.39. The van der Waals surface area contributed by atoms with Gasteiger partial charge in [0.05, 0.1) is 11.7 Å². The molecule has 0 spiro atoms. The van der Waals surface area contributed by atoms with E-state index in [0.717, 1.165) is 31.4 Å². The Morgan fingerprint density at radius 3 is 2.63 bits per heavy atom. The molecule has 0 aliphatic heterocycles. The summed E-state index contributed by atoms with van der Waals surface area (Å²) in [5.41, 5.74) is 0.838. The van der Waals surface area contributed by atoms with Crippen molar-refractivity contribution in [1.82, 2.24) is 15.3 Å². The molecule has 1 atom stereocenters. The van der Waals surface area contributed by atoms with E-state index in [1.165, 1.54) is 18.2 Å². The van der Waals surface area contributed by atoms with Gasteiger partial charge in [-0.05, 0) is 55.4 Å². The molecule has 0 bridgehead atoms. The Balaban J connectivity index is 1.56. The largest absolute Gasteiger partial charge is 0.364 e. The van der Waals surface area contributed by atoms with Crippen molar-refractivity contribution in [3.63, 3.8) is 0 Å². The Hall–Kier alpha value is -2.48. The highest BCUT2D eigenvalue weighted by molar-refractivity contribution is 8.01. The van der Waals surface area contributed by atoms with Crippen molar-refractivity contribution in [1.29, 1.82) is 0 Å². The van der Waals surface area contributed by atoms with Crippen molar-refractivity contribution in [3.05, 3.63) is 64.5 Å². The number of anilines is 1. The minimum absolute atomic E-state index is 0.0632. The average molecular weight is 431 g/mol. The lowest BCUT2D eigenvalue weighted by Crippen LogP contribution is -2.36. The van der Waals surface area contributed by atoms with Crippen LogP contribution in [0.25, 0.3) is 0 Å². The second kappa shape index (κ2) is 9.12. The third kappa shape index (κ3) is 4.98. The van der Waals surface area contributed by atoms with Crippen LogP contribution in [0.2, 0.25) is 0 Å². The van der Waals surface area contributed by atoms with E-state index in [1.54, 1.807) is 18.0 Å². The van der Waals surface area contributed by atoms with E-state index in [0.29, 0.717) is 11.8 Å². The number of thioether (sulfide) groups is 1. The molecule has 5 nitrogen and oxygen atoms in total. The minimum Gasteiger partial charge on any atom is -0.364 e. The summed E-state index contributed by atoms with van der Waals surface area (Å²) in [5.74, 6) is -0.609. The van der Waals surface area contributed by atoms with Gasteiger partial charge in [-0.1, -0.05) is 12.1 Å². The molecule has 2 aliphatic rings. The molecule has 158 valence electrons. The lowest BCUT2D eigenvalue weighted by molar-refractivity contribution is 0.0936. The number of benzene rings is 1. The number of aromatic nitrogens is 2. The maximum absolute atomic E-state index is 14.0. The van der Waals surface area contributed by atoms with Gasteiger partial charge < -0.3 is 10.6 Å². The van der Waals surface area contributed by atoms with Crippen LogP contribution in [-0.4, -0.2) is 28.2 Å². The maximum Gasteiger partial charge on any atom is 0.274 e. The fraction of sp³-hybridized carbons (Fsp3) is 0.409. The lowest BCUT2D eigenvalue weighted by atomic mass is 10.1. The van der Waals surface area contributed by atoms with Crippen LogP contribution in [-0.2, 0) is 6.54 Å². The first kappa shape index (κ1) is 20.8. The van der Waals surface area contributed by atoms with E-state index in [9.17, 15) is 13.6 Å². The Labute approximate surface area is 178 Å². The van der Waals surface area contributed by atoms with E-state index in [-0.39, 0.29) is 35.6 Å². The number of halogens is 2. The first-order valence-electron chi connectivity index (χ1n) is 10.1. The van der Waals surface area contributed by atoms with Crippen LogP contribution in [0, 0.1) is 17.6 Å². The van der Waals surface area contributed by atoms with Crippen LogP contribution in [0.4, 0.5) is 14.6 Å². The number of carbonyl (C=O) groups is 1. The van der Waals surface area contributed by atoms with Gasteiger partial charge in [0, 0.05) is 24.2 Å². The molecule has 2 saturated carbocycles. The van der Waals surface area contributed by atoms with Crippen molar-refractivity contribution in [3.8, 4) is 0 Å². The molecule has 1 unspecified atom stereocenters. The molecule has 4 rings (SSSR count). The molecule has 2 aromatic rings. The quantitative estimate of drug-likeness (QED) is 0.607. The molecule has 2 aliphatic carbocycles. The Morgan fingerprint density at radius 2 is 2.00 bits per heavy atom. The fourth-order valence-corrected chi connectivity index (χ4v) is 3.63. The van der Waals surface area contributed by atoms with Gasteiger partial charge in [-0.2, -0.15) is 0 Å². The van der Waals surface area contributed by atoms with Crippen LogP contribution < -0.4 is 10.6 Å². The number of hydrogen-bond donors (Lipinski definition) is 2. The van der Waals surface area contributed by atoms with Gasteiger partial charge in [-0.25, -0.2) is 18.7 Å². The SMILES string of the molecule is CS/C=C/C(NC(=O)c1ncc(C2CC2)nc1NCc1c(F)cccc1F)C1CC1. The number of amides is 1. The number of rotatable bonds is 9. The smallest absolute Gasteiger partial charge is 0.274 e. The third-order valence-corrected chi connectivity index (χ3v) is 5.78. The topological polar surface area (TPSA) is 66.9 Å². The molecule has 1 aromatic carbocycles. The monoisotopic (exact) mass is 430 g/mol. The van der Waals surface area contributed by atoms with Crippen molar-refractivity contribution in [2.75, 3.05) is 11.6 Å². The number of nitrogens with one attached hydrogen (secondary N) is 2. The van der Waals surface area contributed by atoms with E-state index in [1.807, 2.05) is 17.7 Å². The third-order valence-electron chi connectivity index (χ3n) is 5.35. The molecule has 0 saturated heterocycles. The molecule has 1 heterocycles. The summed E-state index contributed by atoms with van der Waals surface area (Å²) in [5, 5.41) is 7.93. The summed E-state index contributed by atoms with van der Waals surface area (Å²) >= 11 is 1.58. The predicted molar refractivity (Wildman–Crippen MR) is 114 cm³/mol. The van der Waals surface area contributed by atoms with Crippen LogP contribution >= 0.6 is 11.8 Å². The normalized spacial score (nSPS) is 17.2. The van der Waals surface area contributed by atoms with Crippen molar-refractivity contribution in [2.24, 2.45) is 5.92 Å². The first-order valence-corrected chi connectivity index (χ1v) is 11.4. The van der Waals surface area contributed by atoms with E-state index >= 15 is 0 Å². The predicted octanol–water partition coefficient (Wildman–Crippen LogP) is 4.63. The Kier molecular flexibility index (Phi) is 6.32. The average Bonchev–Trinajstić information content (AvgIpc) is 3.63. The molecular weight excluding hydrogens is 406 g/mol. The van der Waals surface area contributed by atoms with Crippen LogP contribution in [0.5, 0.6) is 0 Å². The maximum atomic E-state index is 14.0. The molecule has 0 radical (unpaired) electrons. The number of hydrogen-bond acceptors (Lipinski definition) is 5. The van der Waals surface area contributed by atoms with E-state index in [4.69, 9.17) is 0 Å². The number of nitrogens with zero attached hydrogens (tertiary/aromatic N) is 2. The first-order chi connectivity index (χ1) is 14.6. The van der Waals surface area contributed by atoms with Gasteiger partial charge in [-0.3, -0.25) is 4.79 Å². The van der Waals surface area contributed by atoms with Gasteiger partial charge in [0.15, 0.2) is 11.5 Å². The summed E-state index contributed by atoms with van der Waals surface area (Å²) in [4.78, 5) is 21.9. The van der Waals surface area contributed by atoms with Gasteiger partial charge in [0.1, 0.15) is 11.6 Å². The highest BCUT2D eigenvalue weighted by Gasteiger charge is 2.32. The molecule has 1 amide bonds. The zero-order chi connectivity index (χ0) is 21.1. The lowest BCUT2D eigenvalue weighted by Gasteiger charge is -2.16. The van der Waals surface area contributed by atoms with Crippen LogP contribution in [0.3, 0.4) is 0 Å². The second-order valence-corrected chi connectivity index (χ2v) is 8.46. The van der Waals surface area contributed by atoms with Crippen LogP contribution in [0.15, 0.2) is 35.9 Å². The molecule has 1 aromatic heterocycles. The summed E-state index contributed by atoms with van der Waals surface area (Å²) in [6.45, 7) is -0.125. The minimum atomic E-state index is -0.643. The van der Waals surface area contributed by atoms with E-state index < -0.39 is 11.6 Å².